The third-order valence-electron chi connectivity index (χ3n) is 3.03. The molecule has 0 aliphatic rings. The molecule has 1 aromatic carbocycles. The molecular weight excluding hydrogens is 280 g/mol. The van der Waals surface area contributed by atoms with Gasteiger partial charge in [0.15, 0.2) is 0 Å². The van der Waals surface area contributed by atoms with Crippen molar-refractivity contribution in [3.63, 3.8) is 0 Å². The summed E-state index contributed by atoms with van der Waals surface area (Å²) in [6.07, 6.45) is 3.91. The van der Waals surface area contributed by atoms with E-state index >= 15 is 0 Å². The summed E-state index contributed by atoms with van der Waals surface area (Å²) in [5.74, 6) is 0.873. The summed E-state index contributed by atoms with van der Waals surface area (Å²) >= 11 is 0. The Morgan fingerprint density at radius 3 is 2.95 bits per heavy atom. The molecule has 0 amide bonds. The summed E-state index contributed by atoms with van der Waals surface area (Å²) in [7, 11) is 1.36. The molecule has 22 heavy (non-hydrogen) atoms. The first-order chi connectivity index (χ1) is 10.7. The molecule has 1 heterocycles. The van der Waals surface area contributed by atoms with Gasteiger partial charge in [0.25, 0.3) is 0 Å². The minimum Gasteiger partial charge on any atom is -0.465 e. The van der Waals surface area contributed by atoms with Crippen molar-refractivity contribution in [1.82, 2.24) is 9.97 Å². The lowest BCUT2D eigenvalue weighted by Crippen LogP contribution is -2.06. The van der Waals surface area contributed by atoms with Crippen molar-refractivity contribution < 1.29 is 9.53 Å². The van der Waals surface area contributed by atoms with Crippen LogP contribution in [0.15, 0.2) is 36.5 Å². The fourth-order valence-electron chi connectivity index (χ4n) is 1.88. The largest absolute Gasteiger partial charge is 0.465 e. The average molecular weight is 300 g/mol. The molecule has 2 N–H and O–H groups in total. The number of benzene rings is 1. The van der Waals surface area contributed by atoms with E-state index in [1.807, 2.05) is 12.1 Å². The van der Waals surface area contributed by atoms with Gasteiger partial charge in [-0.3, -0.25) is 0 Å². The van der Waals surface area contributed by atoms with Gasteiger partial charge < -0.3 is 15.4 Å². The molecule has 0 atom stereocenters. The lowest BCUT2D eigenvalue weighted by molar-refractivity contribution is 0.0601. The summed E-state index contributed by atoms with van der Waals surface area (Å²) in [4.78, 5) is 20.1. The van der Waals surface area contributed by atoms with Gasteiger partial charge in [-0.05, 0) is 30.7 Å². The van der Waals surface area contributed by atoms with Crippen LogP contribution in [0.2, 0.25) is 0 Å². The third-order valence-corrected chi connectivity index (χ3v) is 3.03. The smallest absolute Gasteiger partial charge is 0.337 e. The highest BCUT2D eigenvalue weighted by Crippen LogP contribution is 2.16. The summed E-state index contributed by atoms with van der Waals surface area (Å²) in [6.45, 7) is 3.02. The molecule has 0 saturated heterocycles. The summed E-state index contributed by atoms with van der Waals surface area (Å²) in [5, 5.41) is 6.33. The molecule has 6 heteroatoms. The van der Waals surface area contributed by atoms with Crippen molar-refractivity contribution in [2.45, 2.75) is 19.8 Å². The number of carbonyl (C=O) groups is 1. The Morgan fingerprint density at radius 2 is 2.18 bits per heavy atom. The van der Waals surface area contributed by atoms with Gasteiger partial charge in [0.2, 0.25) is 5.95 Å². The molecule has 0 aliphatic heterocycles. The molecule has 0 aliphatic carbocycles. The van der Waals surface area contributed by atoms with Crippen molar-refractivity contribution in [3.8, 4) is 0 Å². The van der Waals surface area contributed by atoms with Gasteiger partial charge in [0, 0.05) is 18.4 Å². The molecule has 2 aromatic rings. The van der Waals surface area contributed by atoms with E-state index in [0.717, 1.165) is 30.9 Å². The number of ether oxygens (including phenoxy) is 1. The van der Waals surface area contributed by atoms with E-state index in [1.54, 1.807) is 24.4 Å². The van der Waals surface area contributed by atoms with Crippen LogP contribution in [-0.2, 0) is 4.74 Å². The van der Waals surface area contributed by atoms with E-state index in [4.69, 9.17) is 4.74 Å². The van der Waals surface area contributed by atoms with Crippen LogP contribution in [-0.4, -0.2) is 29.6 Å². The van der Waals surface area contributed by atoms with Crippen molar-refractivity contribution in [2.24, 2.45) is 0 Å². The second kappa shape index (κ2) is 7.97. The lowest BCUT2D eigenvalue weighted by atomic mass is 10.2. The van der Waals surface area contributed by atoms with Gasteiger partial charge in [-0.1, -0.05) is 19.4 Å². The first kappa shape index (κ1) is 15.8. The van der Waals surface area contributed by atoms with Crippen molar-refractivity contribution >= 4 is 23.4 Å². The number of esters is 1. The summed E-state index contributed by atoms with van der Waals surface area (Å²) < 4.78 is 4.71. The maximum absolute atomic E-state index is 11.5. The zero-order valence-electron chi connectivity index (χ0n) is 12.8. The van der Waals surface area contributed by atoms with E-state index in [9.17, 15) is 4.79 Å². The molecular formula is C16H20N4O2. The van der Waals surface area contributed by atoms with Crippen LogP contribution in [0.5, 0.6) is 0 Å². The second-order valence-corrected chi connectivity index (χ2v) is 4.74. The molecule has 0 saturated carbocycles. The Bertz CT molecular complexity index is 631. The number of anilines is 3. The SMILES string of the molecule is CCCCNc1ccnc(Nc2cccc(C(=O)OC)c2)n1. The number of unbranched alkanes of at least 4 members (excludes halogenated alkanes) is 1. The average Bonchev–Trinajstić information content (AvgIpc) is 2.55. The van der Waals surface area contributed by atoms with Gasteiger partial charge >= 0.3 is 5.97 Å². The zero-order valence-corrected chi connectivity index (χ0v) is 12.8. The van der Waals surface area contributed by atoms with Crippen molar-refractivity contribution in [1.29, 1.82) is 0 Å². The van der Waals surface area contributed by atoms with Crippen molar-refractivity contribution in [3.05, 3.63) is 42.1 Å². The highest BCUT2D eigenvalue weighted by molar-refractivity contribution is 5.90. The predicted molar refractivity (Wildman–Crippen MR) is 86.5 cm³/mol. The Hall–Kier alpha value is -2.63. The predicted octanol–water partition coefficient (Wildman–Crippen LogP) is 3.22. The van der Waals surface area contributed by atoms with Crippen molar-refractivity contribution in [2.75, 3.05) is 24.3 Å². The maximum atomic E-state index is 11.5. The molecule has 0 bridgehead atoms. The summed E-state index contributed by atoms with van der Waals surface area (Å²) in [5.41, 5.74) is 1.21. The standard InChI is InChI=1S/C16H20N4O2/c1-3-4-9-17-14-8-10-18-16(20-14)19-13-7-5-6-12(11-13)15(21)22-2/h5-8,10-11H,3-4,9H2,1-2H3,(H2,17,18,19,20). The molecule has 0 spiro atoms. The molecule has 116 valence electrons. The minimum absolute atomic E-state index is 0.375. The van der Waals surface area contributed by atoms with Gasteiger partial charge in [-0.2, -0.15) is 4.98 Å². The van der Waals surface area contributed by atoms with Crippen LogP contribution in [0, 0.1) is 0 Å². The Labute approximate surface area is 129 Å². The second-order valence-electron chi connectivity index (χ2n) is 4.74. The number of carbonyl (C=O) groups excluding carboxylic acids is 1. The molecule has 0 unspecified atom stereocenters. The molecule has 0 radical (unpaired) electrons. The monoisotopic (exact) mass is 300 g/mol. The Kier molecular flexibility index (Phi) is 5.71. The highest BCUT2D eigenvalue weighted by atomic mass is 16.5. The van der Waals surface area contributed by atoms with Gasteiger partial charge in [0.1, 0.15) is 5.82 Å². The Morgan fingerprint density at radius 1 is 1.32 bits per heavy atom. The number of hydrogen-bond donors (Lipinski definition) is 2. The third kappa shape index (κ3) is 4.44. The molecule has 0 fully saturated rings. The van der Waals surface area contributed by atoms with Crippen LogP contribution in [0.4, 0.5) is 17.5 Å². The van der Waals surface area contributed by atoms with Gasteiger partial charge in [0.05, 0.1) is 12.7 Å². The van der Waals surface area contributed by atoms with E-state index in [1.165, 1.54) is 7.11 Å². The van der Waals surface area contributed by atoms with Crippen LogP contribution in [0.3, 0.4) is 0 Å². The van der Waals surface area contributed by atoms with E-state index in [0.29, 0.717) is 11.5 Å². The van der Waals surface area contributed by atoms with Crippen LogP contribution in [0.25, 0.3) is 0 Å². The lowest BCUT2D eigenvalue weighted by Gasteiger charge is -2.08. The van der Waals surface area contributed by atoms with Gasteiger partial charge in [-0.25, -0.2) is 9.78 Å². The van der Waals surface area contributed by atoms with E-state index in [2.05, 4.69) is 27.5 Å². The minimum atomic E-state index is -0.375. The fourth-order valence-corrected chi connectivity index (χ4v) is 1.88. The normalized spacial score (nSPS) is 10.1. The number of nitrogens with one attached hydrogen (secondary N) is 2. The molecule has 1 aromatic heterocycles. The quantitative estimate of drug-likeness (QED) is 0.604. The fraction of sp³-hybridized carbons (Fsp3) is 0.312. The van der Waals surface area contributed by atoms with Crippen LogP contribution >= 0.6 is 0 Å². The summed E-state index contributed by atoms with van der Waals surface area (Å²) in [6, 6.07) is 8.84. The van der Waals surface area contributed by atoms with Crippen LogP contribution < -0.4 is 10.6 Å². The molecule has 2 rings (SSSR count). The first-order valence-corrected chi connectivity index (χ1v) is 7.25. The van der Waals surface area contributed by atoms with Gasteiger partial charge in [-0.15, -0.1) is 0 Å². The molecule has 6 nitrogen and oxygen atoms in total. The maximum Gasteiger partial charge on any atom is 0.337 e. The number of rotatable bonds is 7. The zero-order chi connectivity index (χ0) is 15.8. The number of methoxy groups -OCH3 is 1. The number of hydrogen-bond acceptors (Lipinski definition) is 6. The first-order valence-electron chi connectivity index (χ1n) is 7.25. The van der Waals surface area contributed by atoms with E-state index < -0.39 is 0 Å². The number of aromatic nitrogens is 2. The Balaban J connectivity index is 2.07. The van der Waals surface area contributed by atoms with Crippen LogP contribution in [0.1, 0.15) is 30.1 Å². The highest BCUT2D eigenvalue weighted by Gasteiger charge is 2.06. The number of nitrogens with zero attached hydrogens (tertiary/aromatic N) is 2. The topological polar surface area (TPSA) is 76.1 Å². The van der Waals surface area contributed by atoms with E-state index in [-0.39, 0.29) is 5.97 Å².